The van der Waals surface area contributed by atoms with Crippen molar-refractivity contribution in [1.82, 2.24) is 14.9 Å². The van der Waals surface area contributed by atoms with E-state index in [0.717, 1.165) is 33.8 Å². The number of H-pyrrole nitrogens is 1. The number of rotatable bonds is 3. The smallest absolute Gasteiger partial charge is 0.410 e. The van der Waals surface area contributed by atoms with E-state index in [9.17, 15) is 4.79 Å². The summed E-state index contributed by atoms with van der Waals surface area (Å²) in [5, 5.41) is 2.05. The Kier molecular flexibility index (Phi) is 4.47. The number of carbonyl (C=O) groups is 1. The highest BCUT2D eigenvalue weighted by molar-refractivity contribution is 6.04. The van der Waals surface area contributed by atoms with Crippen molar-refractivity contribution in [2.45, 2.75) is 45.4 Å². The Hall–Kier alpha value is -3.44. The van der Waals surface area contributed by atoms with E-state index in [0.29, 0.717) is 12.4 Å². The van der Waals surface area contributed by atoms with Crippen molar-refractivity contribution in [1.29, 1.82) is 0 Å². The van der Waals surface area contributed by atoms with Gasteiger partial charge in [0.25, 0.3) is 0 Å². The molecule has 1 fully saturated rings. The maximum atomic E-state index is 12.8. The van der Waals surface area contributed by atoms with Gasteiger partial charge in [-0.25, -0.2) is 9.78 Å². The average Bonchev–Trinajstić information content (AvgIpc) is 3.33. The molecule has 2 aromatic carbocycles. The van der Waals surface area contributed by atoms with Crippen LogP contribution in [0.25, 0.3) is 21.8 Å². The number of aromatic amines is 1. The third kappa shape index (κ3) is 3.77. The molecule has 0 saturated heterocycles. The first-order valence-electron chi connectivity index (χ1n) is 9.63. The average molecular weight is 385 g/mol. The monoisotopic (exact) mass is 385 g/mol. The lowest BCUT2D eigenvalue weighted by atomic mass is 10.1. The van der Waals surface area contributed by atoms with E-state index in [1.807, 2.05) is 51.1 Å². The van der Waals surface area contributed by atoms with Crippen molar-refractivity contribution >= 4 is 27.9 Å². The van der Waals surface area contributed by atoms with Crippen LogP contribution >= 0.6 is 0 Å². The van der Waals surface area contributed by atoms with Crippen molar-refractivity contribution in [3.05, 3.63) is 41.7 Å². The van der Waals surface area contributed by atoms with Crippen LogP contribution < -0.4 is 0 Å². The quantitative estimate of drug-likeness (QED) is 0.678. The molecule has 0 radical (unpaired) electrons. The number of imidazole rings is 1. The van der Waals surface area contributed by atoms with Crippen LogP contribution in [0.5, 0.6) is 0 Å². The zero-order chi connectivity index (χ0) is 20.8. The Morgan fingerprint density at radius 2 is 2.10 bits per heavy atom. The molecule has 5 nitrogen and oxygen atoms in total. The van der Waals surface area contributed by atoms with Gasteiger partial charge in [0.1, 0.15) is 11.4 Å². The number of hydrogen-bond donors (Lipinski definition) is 1. The van der Waals surface area contributed by atoms with E-state index in [-0.39, 0.29) is 18.1 Å². The van der Waals surface area contributed by atoms with E-state index in [4.69, 9.17) is 22.6 Å². The third-order valence-corrected chi connectivity index (χ3v) is 5.00. The molecule has 1 N–H and O–H groups in total. The van der Waals surface area contributed by atoms with E-state index < -0.39 is 5.60 Å². The number of nitrogens with one attached hydrogen (secondary N) is 1. The summed E-state index contributed by atoms with van der Waals surface area (Å²) in [6.45, 7) is 5.88. The molecule has 0 spiro atoms. The fraction of sp³-hybridized carbons (Fsp3) is 0.333. The standard InChI is InChI=1S/C24H23N3O2/c1-6-15-8-10-18-17(12-15)9-11-19-22(18)26-21(25-19)14-27(20-13-16(20)7-2)23(28)29-24(3,4)5/h1-2,8-12,16,20H,13-14H2,3-5H3,(H,25,26)/t16-,20?/m0/s1. The zero-order valence-electron chi connectivity index (χ0n) is 16.8. The van der Waals surface area contributed by atoms with Crippen molar-refractivity contribution in [3.63, 3.8) is 0 Å². The molecule has 1 amide bonds. The number of aromatic nitrogens is 2. The molecule has 1 aliphatic rings. The molecule has 0 bridgehead atoms. The molecule has 4 rings (SSSR count). The Balaban J connectivity index is 1.67. The van der Waals surface area contributed by atoms with Crippen LogP contribution in [-0.2, 0) is 11.3 Å². The minimum atomic E-state index is -0.575. The number of ether oxygens (including phenoxy) is 1. The molecular formula is C24H23N3O2. The van der Waals surface area contributed by atoms with Gasteiger partial charge in [-0.05, 0) is 50.8 Å². The highest BCUT2D eigenvalue weighted by atomic mass is 16.6. The molecule has 1 unspecified atom stereocenters. The largest absolute Gasteiger partial charge is 0.444 e. The predicted octanol–water partition coefficient (Wildman–Crippen LogP) is 4.46. The van der Waals surface area contributed by atoms with Gasteiger partial charge < -0.3 is 9.72 Å². The second-order valence-corrected chi connectivity index (χ2v) is 8.41. The van der Waals surface area contributed by atoms with Crippen LogP contribution in [0, 0.1) is 30.6 Å². The number of amides is 1. The van der Waals surface area contributed by atoms with Crippen LogP contribution in [0.2, 0.25) is 0 Å². The number of hydrogen-bond acceptors (Lipinski definition) is 3. The molecule has 1 aliphatic carbocycles. The molecule has 0 aliphatic heterocycles. The van der Waals surface area contributed by atoms with Gasteiger partial charge >= 0.3 is 6.09 Å². The van der Waals surface area contributed by atoms with E-state index in [1.165, 1.54) is 0 Å². The second-order valence-electron chi connectivity index (χ2n) is 8.41. The molecule has 3 aromatic rings. The Labute approximate surface area is 170 Å². The van der Waals surface area contributed by atoms with Crippen molar-refractivity contribution in [2.24, 2.45) is 5.92 Å². The summed E-state index contributed by atoms with van der Waals surface area (Å²) in [5.74, 6) is 6.16. The first-order chi connectivity index (χ1) is 13.8. The number of nitrogens with zero attached hydrogens (tertiary/aromatic N) is 2. The predicted molar refractivity (Wildman–Crippen MR) is 114 cm³/mol. The maximum absolute atomic E-state index is 12.8. The van der Waals surface area contributed by atoms with E-state index in [2.05, 4.69) is 16.8 Å². The van der Waals surface area contributed by atoms with Crippen LogP contribution in [0.15, 0.2) is 30.3 Å². The lowest BCUT2D eigenvalue weighted by molar-refractivity contribution is 0.0206. The summed E-state index contributed by atoms with van der Waals surface area (Å²) in [6, 6.07) is 9.84. The topological polar surface area (TPSA) is 58.2 Å². The van der Waals surface area contributed by atoms with Gasteiger partial charge in [0.2, 0.25) is 0 Å². The first kappa shape index (κ1) is 18.9. The number of fused-ring (bicyclic) bond motifs is 3. The van der Waals surface area contributed by atoms with Crippen LogP contribution in [0.4, 0.5) is 4.79 Å². The van der Waals surface area contributed by atoms with Gasteiger partial charge in [0.15, 0.2) is 0 Å². The maximum Gasteiger partial charge on any atom is 0.410 e. The second kappa shape index (κ2) is 6.87. The summed E-state index contributed by atoms with van der Waals surface area (Å²) in [6.07, 6.45) is 11.5. The third-order valence-electron chi connectivity index (χ3n) is 5.00. The molecular weight excluding hydrogens is 362 g/mol. The molecule has 1 aromatic heterocycles. The molecule has 1 saturated carbocycles. The minimum Gasteiger partial charge on any atom is -0.444 e. The fourth-order valence-electron chi connectivity index (χ4n) is 3.52. The van der Waals surface area contributed by atoms with Crippen LogP contribution in [-0.4, -0.2) is 32.6 Å². The Morgan fingerprint density at radius 1 is 1.31 bits per heavy atom. The van der Waals surface area contributed by atoms with Crippen molar-refractivity contribution in [2.75, 3.05) is 0 Å². The van der Waals surface area contributed by atoms with Crippen LogP contribution in [0.1, 0.15) is 38.6 Å². The van der Waals surface area contributed by atoms with Gasteiger partial charge in [-0.3, -0.25) is 4.90 Å². The number of terminal acetylenes is 2. The Morgan fingerprint density at radius 3 is 2.76 bits per heavy atom. The number of benzene rings is 2. The highest BCUT2D eigenvalue weighted by Crippen LogP contribution is 2.37. The summed E-state index contributed by atoms with van der Waals surface area (Å²) in [7, 11) is 0. The van der Waals surface area contributed by atoms with Gasteiger partial charge in [0.05, 0.1) is 23.6 Å². The van der Waals surface area contributed by atoms with Gasteiger partial charge in [-0.15, -0.1) is 18.8 Å². The SMILES string of the molecule is C#Cc1ccc2c(ccc3[nH]c(CN(C(=O)OC(C)(C)C)C4C[C@@H]4C#C)nc32)c1. The molecule has 1 heterocycles. The van der Waals surface area contributed by atoms with E-state index in [1.54, 1.807) is 4.90 Å². The lowest BCUT2D eigenvalue weighted by Crippen LogP contribution is -2.38. The molecule has 2 atom stereocenters. The number of carbonyl (C=O) groups excluding carboxylic acids is 1. The molecule has 146 valence electrons. The summed E-state index contributed by atoms with van der Waals surface area (Å²) in [5.41, 5.74) is 2.02. The fourth-order valence-corrected chi connectivity index (χ4v) is 3.52. The summed E-state index contributed by atoms with van der Waals surface area (Å²) >= 11 is 0. The Bertz CT molecular complexity index is 1190. The van der Waals surface area contributed by atoms with Crippen molar-refractivity contribution < 1.29 is 9.53 Å². The van der Waals surface area contributed by atoms with Crippen LogP contribution in [0.3, 0.4) is 0 Å². The molecule has 5 heteroatoms. The van der Waals surface area contributed by atoms with Gasteiger partial charge in [-0.2, -0.15) is 0 Å². The normalized spacial score (nSPS) is 18.2. The molecule has 29 heavy (non-hydrogen) atoms. The zero-order valence-corrected chi connectivity index (χ0v) is 16.8. The van der Waals surface area contributed by atoms with Gasteiger partial charge in [0, 0.05) is 16.9 Å². The van der Waals surface area contributed by atoms with Gasteiger partial charge in [-0.1, -0.05) is 18.1 Å². The summed E-state index contributed by atoms with van der Waals surface area (Å²) < 4.78 is 5.59. The first-order valence-corrected chi connectivity index (χ1v) is 9.63. The van der Waals surface area contributed by atoms with Crippen molar-refractivity contribution in [3.8, 4) is 24.7 Å². The summed E-state index contributed by atoms with van der Waals surface area (Å²) in [4.78, 5) is 22.6. The minimum absolute atomic E-state index is 0.0157. The highest BCUT2D eigenvalue weighted by Gasteiger charge is 2.44. The van der Waals surface area contributed by atoms with E-state index >= 15 is 0 Å². The lowest BCUT2D eigenvalue weighted by Gasteiger charge is -2.27.